The van der Waals surface area contributed by atoms with Crippen LogP contribution < -0.4 is 0 Å². The molecular formula is C24H36O8. The van der Waals surface area contributed by atoms with Crippen LogP contribution in [-0.2, 0) is 23.8 Å². The fourth-order valence-corrected chi connectivity index (χ4v) is 7.36. The van der Waals surface area contributed by atoms with Crippen LogP contribution in [0.3, 0.4) is 0 Å². The van der Waals surface area contributed by atoms with Crippen LogP contribution in [-0.4, -0.2) is 70.0 Å². The number of ether oxygens (including phenoxy) is 3. The number of hydrogen-bond acceptors (Lipinski definition) is 8. The Morgan fingerprint density at radius 3 is 2.62 bits per heavy atom. The van der Waals surface area contributed by atoms with E-state index >= 15 is 0 Å². The average molecular weight is 453 g/mol. The molecule has 180 valence electrons. The maximum atomic E-state index is 13.6. The van der Waals surface area contributed by atoms with E-state index in [0.29, 0.717) is 32.1 Å². The standard InChI is InChI=1S/C24H36O8/c1-11(2)15(25)7-4-12-8-9-23(3)14(18(12)27)6-5-13-17-20(23)32-22-24(17,29)19(31-21(13)28)16(26)10-30-22/h11-14,16-17,19-22,26,28-29H,4-10H2,1-3H3/t12-,13+,14-,16-,17-,19+,20?,21+,22+,23-,24?/m1/s1. The summed E-state index contributed by atoms with van der Waals surface area (Å²) in [6, 6.07) is 0. The minimum atomic E-state index is -1.56. The summed E-state index contributed by atoms with van der Waals surface area (Å²) in [5, 5.41) is 33.0. The van der Waals surface area contributed by atoms with Gasteiger partial charge in [0, 0.05) is 41.4 Å². The number of carbonyl (C=O) groups excluding carboxylic acids is 2. The molecular weight excluding hydrogens is 416 g/mol. The summed E-state index contributed by atoms with van der Waals surface area (Å²) < 4.78 is 17.7. The highest BCUT2D eigenvalue weighted by Gasteiger charge is 2.74. The lowest BCUT2D eigenvalue weighted by molar-refractivity contribution is -0.354. The fourth-order valence-electron chi connectivity index (χ4n) is 7.36. The normalized spacial score (nSPS) is 52.3. The molecule has 0 aromatic heterocycles. The summed E-state index contributed by atoms with van der Waals surface area (Å²) in [5.41, 5.74) is -2.08. The van der Waals surface area contributed by atoms with Gasteiger partial charge in [0.2, 0.25) is 0 Å². The van der Waals surface area contributed by atoms with Gasteiger partial charge in [-0.1, -0.05) is 20.8 Å². The Hall–Kier alpha value is -0.900. The highest BCUT2D eigenvalue weighted by atomic mass is 16.7. The lowest BCUT2D eigenvalue weighted by Gasteiger charge is -2.53. The lowest BCUT2D eigenvalue weighted by Crippen LogP contribution is -2.70. The number of rotatable bonds is 4. The zero-order valence-electron chi connectivity index (χ0n) is 19.1. The van der Waals surface area contributed by atoms with Crippen LogP contribution in [0.25, 0.3) is 0 Å². The first-order valence-electron chi connectivity index (χ1n) is 12.2. The average Bonchev–Trinajstić information content (AvgIpc) is 2.97. The van der Waals surface area contributed by atoms with Crippen molar-refractivity contribution in [2.24, 2.45) is 35.0 Å². The van der Waals surface area contributed by atoms with E-state index in [1.165, 1.54) is 0 Å². The Morgan fingerprint density at radius 1 is 1.16 bits per heavy atom. The molecule has 0 spiro atoms. The second-order valence-corrected chi connectivity index (χ2v) is 11.2. The van der Waals surface area contributed by atoms with Gasteiger partial charge in [-0.3, -0.25) is 9.59 Å². The second kappa shape index (κ2) is 7.82. The number of ketones is 2. The molecule has 8 heteroatoms. The van der Waals surface area contributed by atoms with E-state index in [2.05, 4.69) is 6.92 Å². The summed E-state index contributed by atoms with van der Waals surface area (Å²) in [6.07, 6.45) is -1.09. The van der Waals surface area contributed by atoms with E-state index in [1.807, 2.05) is 13.8 Å². The maximum absolute atomic E-state index is 13.6. The Labute approximate surface area is 188 Å². The third kappa shape index (κ3) is 3.10. The third-order valence-corrected chi connectivity index (χ3v) is 9.24. The molecule has 5 rings (SSSR count). The molecule has 0 bridgehead atoms. The maximum Gasteiger partial charge on any atom is 0.189 e. The summed E-state index contributed by atoms with van der Waals surface area (Å²) in [5.74, 6) is -0.979. The molecule has 0 radical (unpaired) electrons. The van der Waals surface area contributed by atoms with Crippen molar-refractivity contribution in [2.45, 2.75) is 95.8 Å². The van der Waals surface area contributed by atoms with Crippen LogP contribution in [0.5, 0.6) is 0 Å². The van der Waals surface area contributed by atoms with E-state index in [4.69, 9.17) is 14.2 Å². The van der Waals surface area contributed by atoms with Gasteiger partial charge < -0.3 is 29.5 Å². The lowest BCUT2D eigenvalue weighted by atomic mass is 9.57. The Morgan fingerprint density at radius 2 is 1.91 bits per heavy atom. The van der Waals surface area contributed by atoms with Crippen LogP contribution in [0.15, 0.2) is 0 Å². The van der Waals surface area contributed by atoms with Gasteiger partial charge in [-0.05, 0) is 32.1 Å². The van der Waals surface area contributed by atoms with Gasteiger partial charge in [-0.25, -0.2) is 0 Å². The molecule has 3 saturated heterocycles. The zero-order valence-corrected chi connectivity index (χ0v) is 19.1. The number of aliphatic hydroxyl groups excluding tert-OH is 2. The second-order valence-electron chi connectivity index (χ2n) is 11.2. The molecule has 11 atom stereocenters. The van der Waals surface area contributed by atoms with E-state index in [0.717, 1.165) is 6.42 Å². The van der Waals surface area contributed by atoms with Crippen molar-refractivity contribution >= 4 is 11.6 Å². The first-order valence-corrected chi connectivity index (χ1v) is 12.2. The van der Waals surface area contributed by atoms with E-state index in [9.17, 15) is 24.9 Å². The largest absolute Gasteiger partial charge is 0.388 e. The number of fused-ring (bicyclic) bond motifs is 2. The topological polar surface area (TPSA) is 123 Å². The van der Waals surface area contributed by atoms with Crippen molar-refractivity contribution in [1.29, 1.82) is 0 Å². The molecule has 2 aliphatic carbocycles. The monoisotopic (exact) mass is 452 g/mol. The molecule has 3 heterocycles. The van der Waals surface area contributed by atoms with Crippen LogP contribution in [0.1, 0.15) is 59.3 Å². The fraction of sp³-hybridized carbons (Fsp3) is 0.917. The van der Waals surface area contributed by atoms with Gasteiger partial charge in [0.1, 0.15) is 29.4 Å². The molecule has 5 fully saturated rings. The first-order chi connectivity index (χ1) is 15.1. The highest BCUT2D eigenvalue weighted by molar-refractivity contribution is 5.86. The van der Waals surface area contributed by atoms with Crippen LogP contribution in [0.2, 0.25) is 0 Å². The molecule has 2 unspecified atom stereocenters. The van der Waals surface area contributed by atoms with Gasteiger partial charge in [0.05, 0.1) is 12.7 Å². The zero-order chi connectivity index (χ0) is 23.0. The van der Waals surface area contributed by atoms with Crippen molar-refractivity contribution in [3.05, 3.63) is 0 Å². The summed E-state index contributed by atoms with van der Waals surface area (Å²) in [6.45, 7) is 5.79. The quantitative estimate of drug-likeness (QED) is 0.581. The number of hydrogen-bond donors (Lipinski definition) is 3. The van der Waals surface area contributed by atoms with Crippen LogP contribution in [0, 0.1) is 35.0 Å². The van der Waals surface area contributed by atoms with E-state index in [-0.39, 0.29) is 35.9 Å². The molecule has 3 aliphatic heterocycles. The number of carbonyl (C=O) groups is 2. The summed E-state index contributed by atoms with van der Waals surface area (Å²) >= 11 is 0. The van der Waals surface area contributed by atoms with Gasteiger partial charge in [0.25, 0.3) is 0 Å². The van der Waals surface area contributed by atoms with Gasteiger partial charge >= 0.3 is 0 Å². The van der Waals surface area contributed by atoms with Gasteiger partial charge in [-0.2, -0.15) is 0 Å². The van der Waals surface area contributed by atoms with Crippen molar-refractivity contribution in [1.82, 2.24) is 0 Å². The molecule has 32 heavy (non-hydrogen) atoms. The van der Waals surface area contributed by atoms with Gasteiger partial charge in [0.15, 0.2) is 12.6 Å². The van der Waals surface area contributed by atoms with Crippen molar-refractivity contribution in [2.75, 3.05) is 6.61 Å². The molecule has 5 aliphatic rings. The van der Waals surface area contributed by atoms with E-state index in [1.54, 1.807) is 0 Å². The smallest absolute Gasteiger partial charge is 0.189 e. The minimum Gasteiger partial charge on any atom is -0.388 e. The van der Waals surface area contributed by atoms with Gasteiger partial charge in [-0.15, -0.1) is 0 Å². The summed E-state index contributed by atoms with van der Waals surface area (Å²) in [4.78, 5) is 25.8. The molecule has 8 nitrogen and oxygen atoms in total. The van der Waals surface area contributed by atoms with Crippen LogP contribution in [0.4, 0.5) is 0 Å². The van der Waals surface area contributed by atoms with Crippen molar-refractivity contribution < 1.29 is 39.1 Å². The molecule has 0 aromatic rings. The molecule has 2 saturated carbocycles. The molecule has 3 N–H and O–H groups in total. The first kappa shape index (κ1) is 22.9. The molecule has 0 aromatic carbocycles. The van der Waals surface area contributed by atoms with Crippen molar-refractivity contribution in [3.8, 4) is 0 Å². The Bertz CT molecular complexity index is 784. The van der Waals surface area contributed by atoms with Crippen molar-refractivity contribution in [3.63, 3.8) is 0 Å². The third-order valence-electron chi connectivity index (χ3n) is 9.24. The predicted octanol–water partition coefficient (Wildman–Crippen LogP) is 1.18. The SMILES string of the molecule is CC(C)C(=O)CC[C@@H]1CC[C@@]2(C)C3O[C@@H]4OC[C@@H](O)[C@@H]5O[C@H](O)[C@@H](CC[C@@H]2C1=O)[C@H]3C45O. The Balaban J connectivity index is 1.44. The van der Waals surface area contributed by atoms with Crippen LogP contribution >= 0.6 is 0 Å². The number of aliphatic hydroxyl groups is 3. The number of Topliss-reactive ketones (excluding diaryl/α,β-unsaturated/α-hetero) is 2. The molecule has 0 amide bonds. The minimum absolute atomic E-state index is 0.0271. The Kier molecular flexibility index (Phi) is 5.59. The summed E-state index contributed by atoms with van der Waals surface area (Å²) in [7, 11) is 0. The predicted molar refractivity (Wildman–Crippen MR) is 111 cm³/mol. The highest BCUT2D eigenvalue weighted by Crippen LogP contribution is 2.62. The van der Waals surface area contributed by atoms with E-state index < -0.39 is 53.7 Å².